The van der Waals surface area contributed by atoms with Crippen molar-refractivity contribution in [3.63, 3.8) is 0 Å². The second-order valence-corrected chi connectivity index (χ2v) is 18.7. The molecule has 0 N–H and O–H groups in total. The molecule has 30 nitrogen and oxygen atoms in total. The molecular formula is C68H82N6O24Ti6. The molecule has 0 fully saturated rings. The van der Waals surface area contributed by atoms with E-state index >= 15 is 0 Å². The summed E-state index contributed by atoms with van der Waals surface area (Å²) in [6.07, 6.45) is 14.4. The number of aromatic nitrogens is 6. The van der Waals surface area contributed by atoms with E-state index in [0.29, 0.717) is 0 Å². The van der Waals surface area contributed by atoms with Gasteiger partial charge >= 0.3 is 130 Å². The van der Waals surface area contributed by atoms with Crippen molar-refractivity contribution in [1.29, 1.82) is 0 Å². The van der Waals surface area contributed by atoms with E-state index in [1.165, 1.54) is 158 Å². The number of benzene rings is 2. The van der Waals surface area contributed by atoms with E-state index in [0.717, 1.165) is 0 Å². The van der Waals surface area contributed by atoms with Gasteiger partial charge in [0, 0.05) is 108 Å². The Labute approximate surface area is 698 Å². The van der Waals surface area contributed by atoms with Crippen LogP contribution < -0.4 is 61.3 Å². The molecule has 552 valence electrons. The van der Waals surface area contributed by atoms with Crippen LogP contribution in [0.2, 0.25) is 0 Å². The standard InChI is InChI=1S/2C7H8.6C6H5NO2.6C3H7O.6O.6Ti/c2*1-7-5-3-2-4-6-7;6*8-6(9)5-1-3-7-4-2-5;6*1-3(2)4;;;;;;;;;;;;/h2*2-6H,1H3;6*1-4H,(H,8,9);6*3H,1-2H3;;;;;;;;;;;;/q;;;;;;;;6*-1;6*-2;6*+4/p-6. The summed E-state index contributed by atoms with van der Waals surface area (Å²) >= 11 is 0. The Hall–Kier alpha value is -6.03. The number of nitrogens with zero attached hydrogens (tertiary/aromatic N) is 6. The van der Waals surface area contributed by atoms with E-state index in [2.05, 4.69) is 68.0 Å². The van der Waals surface area contributed by atoms with Crippen LogP contribution in [0.25, 0.3) is 0 Å². The summed E-state index contributed by atoms with van der Waals surface area (Å²) in [7, 11) is 0. The first-order valence-electron chi connectivity index (χ1n) is 27.7. The Morgan fingerprint density at radius 3 is 0.356 bits per heavy atom. The molecule has 0 spiro atoms. The van der Waals surface area contributed by atoms with E-state index in [4.69, 9.17) is 0 Å². The zero-order valence-corrected chi connectivity index (χ0v) is 68.9. The molecule has 8 rings (SSSR count). The summed E-state index contributed by atoms with van der Waals surface area (Å²) < 4.78 is 0. The van der Waals surface area contributed by atoms with Gasteiger partial charge in [0.2, 0.25) is 0 Å². The second kappa shape index (κ2) is 101. The molecule has 2 aromatic carbocycles. The summed E-state index contributed by atoms with van der Waals surface area (Å²) in [5.74, 6) is -7.01. The van der Waals surface area contributed by atoms with Crippen molar-refractivity contribution in [2.75, 3.05) is 0 Å². The van der Waals surface area contributed by atoms with Gasteiger partial charge < -0.3 is 123 Å². The first-order chi connectivity index (χ1) is 43.0. The first-order valence-corrected chi connectivity index (χ1v) is 27.7. The second-order valence-electron chi connectivity index (χ2n) is 18.7. The van der Waals surface area contributed by atoms with Gasteiger partial charge in [0.05, 0.1) is 35.8 Å². The molecule has 104 heavy (non-hydrogen) atoms. The molecule has 0 bridgehead atoms. The third-order valence-corrected chi connectivity index (χ3v) is 7.38. The van der Waals surface area contributed by atoms with Crippen molar-refractivity contribution in [3.8, 4) is 0 Å². The van der Waals surface area contributed by atoms with Gasteiger partial charge in [0.15, 0.2) is 0 Å². The van der Waals surface area contributed by atoms with Gasteiger partial charge in [0.1, 0.15) is 0 Å². The summed E-state index contributed by atoms with van der Waals surface area (Å²) in [5.41, 5.74) is 3.59. The number of aromatic carboxylic acids is 6. The van der Waals surface area contributed by atoms with E-state index in [9.17, 15) is 90.0 Å². The Morgan fingerprint density at radius 2 is 0.308 bits per heavy atom. The van der Waals surface area contributed by atoms with Gasteiger partial charge in [-0.05, 0) is 86.6 Å². The molecule has 0 aliphatic heterocycles. The number of carboxylic acids is 6. The zero-order chi connectivity index (χ0) is 71.8. The Kier molecular flexibility index (Phi) is 140. The van der Waals surface area contributed by atoms with E-state index in [-0.39, 0.29) is 197 Å². The Morgan fingerprint density at radius 1 is 0.221 bits per heavy atom. The van der Waals surface area contributed by atoms with Gasteiger partial charge in [-0.1, -0.05) is 155 Å². The van der Waals surface area contributed by atoms with Gasteiger partial charge in [-0.25, -0.2) is 0 Å². The number of rotatable bonds is 6. The van der Waals surface area contributed by atoms with Crippen LogP contribution in [0, 0.1) is 13.8 Å². The molecule has 0 amide bonds. The largest absolute Gasteiger partial charge is 4.00 e. The maximum absolute atomic E-state index is 10.1. The fraction of sp³-hybridized carbons (Fsp3) is 0.294. The number of carboxylic acid groups (broad SMARTS) is 6. The topological polar surface area (TPSA) is 627 Å². The maximum atomic E-state index is 10.1. The Balaban J connectivity index is -0.0000000480. The fourth-order valence-corrected chi connectivity index (χ4v) is 4.00. The van der Waals surface area contributed by atoms with Crippen molar-refractivity contribution < 1.29 is 253 Å². The summed E-state index contributed by atoms with van der Waals surface area (Å²) in [4.78, 5) is 82.2. The van der Waals surface area contributed by atoms with Crippen LogP contribution in [0.1, 0.15) is 156 Å². The minimum atomic E-state index is -1.17. The molecule has 0 atom stereocenters. The minimum Gasteiger partial charge on any atom is -2.00 e. The predicted octanol–water partition coefficient (Wildman–Crippen LogP) is -1.54. The van der Waals surface area contributed by atoms with Crippen molar-refractivity contribution in [2.45, 2.75) is 134 Å². The maximum Gasteiger partial charge on any atom is 4.00 e. The summed E-state index contributed by atoms with van der Waals surface area (Å²) in [6, 6.07) is 37.1. The molecule has 0 saturated heterocycles. The van der Waals surface area contributed by atoms with Crippen LogP contribution in [0.5, 0.6) is 0 Å². The van der Waals surface area contributed by atoms with Crippen LogP contribution in [0.15, 0.2) is 208 Å². The Bertz CT molecular complexity index is 2520. The van der Waals surface area contributed by atoms with Crippen molar-refractivity contribution >= 4 is 35.8 Å². The van der Waals surface area contributed by atoms with E-state index < -0.39 is 72.4 Å². The smallest absolute Gasteiger partial charge is 2.00 e. The minimum absolute atomic E-state index is 0. The number of carbonyl (C=O) groups excluding carboxylic acids is 6. The normalized spacial score (nSPS) is 7.87. The van der Waals surface area contributed by atoms with Gasteiger partial charge in [-0.15, -0.1) is 36.6 Å². The number of pyridine rings is 6. The van der Waals surface area contributed by atoms with E-state index in [1.807, 2.05) is 36.4 Å². The molecule has 36 heteroatoms. The van der Waals surface area contributed by atoms with Crippen molar-refractivity contribution in [1.82, 2.24) is 29.9 Å². The average Bonchev–Trinajstić information content (AvgIpc) is 1.01. The average molecular weight is 1650 g/mol. The third kappa shape index (κ3) is 129. The molecule has 6 aromatic heterocycles. The van der Waals surface area contributed by atoms with Crippen LogP contribution in [0.4, 0.5) is 0 Å². The van der Waals surface area contributed by atoms with Gasteiger partial charge in [-0.3, -0.25) is 29.9 Å². The zero-order valence-electron chi connectivity index (χ0n) is 59.6. The fourth-order valence-electron chi connectivity index (χ4n) is 4.00. The molecule has 6 heterocycles. The quantitative estimate of drug-likeness (QED) is 0.170. The van der Waals surface area contributed by atoms with Crippen LogP contribution in [-0.2, 0) is 163 Å². The summed E-state index contributed by atoms with van der Waals surface area (Å²) in [6.45, 7) is 23.5. The van der Waals surface area contributed by atoms with E-state index in [1.54, 1.807) is 83.1 Å². The molecule has 0 unspecified atom stereocenters. The summed E-state index contributed by atoms with van der Waals surface area (Å²) in [5, 5.41) is 118. The van der Waals surface area contributed by atoms with Crippen LogP contribution >= 0.6 is 0 Å². The molecular weight excluding hydrogens is 1570 g/mol. The van der Waals surface area contributed by atoms with Crippen molar-refractivity contribution in [3.05, 3.63) is 252 Å². The number of carbonyl (C=O) groups is 6. The van der Waals surface area contributed by atoms with Crippen molar-refractivity contribution in [2.24, 2.45) is 0 Å². The molecule has 0 saturated carbocycles. The molecule has 0 aliphatic rings. The number of hydrogen-bond acceptors (Lipinski definition) is 24. The number of aryl methyl sites for hydroxylation is 2. The molecule has 8 aromatic rings. The molecule has 0 aliphatic carbocycles. The monoisotopic (exact) mass is 1650 g/mol. The van der Waals surface area contributed by atoms with Gasteiger partial charge in [-0.2, -0.15) is 0 Å². The van der Waals surface area contributed by atoms with Crippen LogP contribution in [0.3, 0.4) is 0 Å². The van der Waals surface area contributed by atoms with Crippen LogP contribution in [-0.4, -0.2) is 102 Å². The first kappa shape index (κ1) is 144. The SMILES string of the molecule is CC(C)[O-].CC(C)[O-].CC(C)[O-].CC(C)[O-].CC(C)[O-].CC(C)[O-].Cc1ccccc1.Cc1ccccc1.O=C([O-])c1ccncc1.O=C([O-])c1ccncc1.O=C([O-])c1ccncc1.O=C([O-])c1ccncc1.O=C([O-])c1ccncc1.O=C([O-])c1ccncc1.[O-2].[O-2].[O-2].[O-2].[O-2].[O-2].[Ti+4].[Ti+4].[Ti+4].[Ti+4].[Ti+4].[Ti+4]. The molecule has 0 radical (unpaired) electrons. The predicted molar refractivity (Wildman–Crippen MR) is 329 cm³/mol. The third-order valence-electron chi connectivity index (χ3n) is 7.38. The number of hydrogen-bond donors (Lipinski definition) is 0. The van der Waals surface area contributed by atoms with Gasteiger partial charge in [0.25, 0.3) is 0 Å².